The number of halogens is 1. The van der Waals surface area contributed by atoms with Gasteiger partial charge in [0.2, 0.25) is 5.91 Å². The molecule has 2 rings (SSSR count). The third kappa shape index (κ3) is 3.51. The minimum atomic E-state index is -0.498. The molecule has 2 N–H and O–H groups in total. The van der Waals surface area contributed by atoms with Crippen LogP contribution in [0.15, 0.2) is 24.3 Å². The van der Waals surface area contributed by atoms with E-state index in [1.54, 1.807) is 0 Å². The third-order valence-electron chi connectivity index (χ3n) is 3.00. The fourth-order valence-corrected chi connectivity index (χ4v) is 1.97. The second-order valence-corrected chi connectivity index (χ2v) is 4.48. The van der Waals surface area contributed by atoms with Crippen LogP contribution in [0.5, 0.6) is 0 Å². The van der Waals surface area contributed by atoms with E-state index in [4.69, 9.17) is 0 Å². The Kier molecular flexibility index (Phi) is 4.11. The quantitative estimate of drug-likeness (QED) is 0.818. The number of hydrogen-bond acceptors (Lipinski definition) is 3. The van der Waals surface area contributed by atoms with E-state index in [-0.39, 0.29) is 18.0 Å². The number of nitrogens with one attached hydrogen (secondary N) is 1. The highest BCUT2D eigenvalue weighted by Crippen LogP contribution is 2.08. The lowest BCUT2D eigenvalue weighted by atomic mass is 10.2. The molecule has 19 heavy (non-hydrogen) atoms. The molecule has 6 heteroatoms. The van der Waals surface area contributed by atoms with Crippen LogP contribution < -0.4 is 5.32 Å². The minimum absolute atomic E-state index is 0.151. The van der Waals surface area contributed by atoms with Crippen molar-refractivity contribution in [1.29, 1.82) is 0 Å². The smallest absolute Gasteiger partial charge is 0.251 e. The van der Waals surface area contributed by atoms with Gasteiger partial charge in [0, 0.05) is 18.7 Å². The van der Waals surface area contributed by atoms with Crippen molar-refractivity contribution in [2.45, 2.75) is 12.5 Å². The first-order valence-corrected chi connectivity index (χ1v) is 6.06. The molecule has 1 aliphatic rings. The Bertz CT molecular complexity index is 493. The number of nitrogens with zero attached hydrogens (tertiary/aromatic N) is 1. The largest absolute Gasteiger partial charge is 0.391 e. The Labute approximate surface area is 110 Å². The average molecular weight is 266 g/mol. The molecule has 2 amide bonds. The van der Waals surface area contributed by atoms with Gasteiger partial charge in [-0.1, -0.05) is 6.07 Å². The van der Waals surface area contributed by atoms with Crippen LogP contribution in [0, 0.1) is 5.82 Å². The molecule has 5 nitrogen and oxygen atoms in total. The number of carbonyl (C=O) groups excluding carboxylic acids is 2. The molecule has 1 heterocycles. The van der Waals surface area contributed by atoms with Crippen molar-refractivity contribution in [3.05, 3.63) is 35.6 Å². The number of likely N-dealkylation sites (tertiary alicyclic amines) is 1. The number of rotatable bonds is 3. The Balaban J connectivity index is 1.85. The zero-order chi connectivity index (χ0) is 13.8. The van der Waals surface area contributed by atoms with Gasteiger partial charge in [-0.3, -0.25) is 9.59 Å². The average Bonchev–Trinajstić information content (AvgIpc) is 2.82. The summed E-state index contributed by atoms with van der Waals surface area (Å²) in [5, 5.41) is 11.8. The molecule has 102 valence electrons. The van der Waals surface area contributed by atoms with Crippen molar-refractivity contribution in [2.24, 2.45) is 0 Å². The summed E-state index contributed by atoms with van der Waals surface area (Å²) in [6, 6.07) is 5.26. The third-order valence-corrected chi connectivity index (χ3v) is 3.00. The molecular formula is C13H15FN2O3. The van der Waals surface area contributed by atoms with Gasteiger partial charge in [0.05, 0.1) is 12.6 Å². The lowest BCUT2D eigenvalue weighted by Gasteiger charge is -2.15. The van der Waals surface area contributed by atoms with E-state index in [1.807, 2.05) is 0 Å². The molecule has 0 radical (unpaired) electrons. The van der Waals surface area contributed by atoms with Gasteiger partial charge in [0.15, 0.2) is 0 Å². The van der Waals surface area contributed by atoms with Crippen LogP contribution in [-0.2, 0) is 4.79 Å². The first kappa shape index (κ1) is 13.5. The molecule has 0 saturated carbocycles. The highest BCUT2D eigenvalue weighted by Gasteiger charge is 2.24. The van der Waals surface area contributed by atoms with Crippen LogP contribution >= 0.6 is 0 Å². The maximum Gasteiger partial charge on any atom is 0.251 e. The van der Waals surface area contributed by atoms with Gasteiger partial charge in [-0.2, -0.15) is 0 Å². The summed E-state index contributed by atoms with van der Waals surface area (Å²) >= 11 is 0. The standard InChI is InChI=1S/C13H15FN2O3/c14-10-3-1-2-9(6-10)13(19)15-7-12(18)16-5-4-11(17)8-16/h1-3,6,11,17H,4-5,7-8H2,(H,15,19). The van der Waals surface area contributed by atoms with E-state index >= 15 is 0 Å². The van der Waals surface area contributed by atoms with E-state index in [2.05, 4.69) is 5.32 Å². The highest BCUT2D eigenvalue weighted by atomic mass is 19.1. The van der Waals surface area contributed by atoms with Crippen molar-refractivity contribution in [3.8, 4) is 0 Å². The molecular weight excluding hydrogens is 251 g/mol. The minimum Gasteiger partial charge on any atom is -0.391 e. The summed E-state index contributed by atoms with van der Waals surface area (Å²) in [5.41, 5.74) is 0.175. The SMILES string of the molecule is O=C(NCC(=O)N1CCC(O)C1)c1cccc(F)c1. The van der Waals surface area contributed by atoms with Crippen LogP contribution in [0.2, 0.25) is 0 Å². The predicted molar refractivity (Wildman–Crippen MR) is 65.9 cm³/mol. The van der Waals surface area contributed by atoms with Crippen LogP contribution in [0.3, 0.4) is 0 Å². The molecule has 0 aromatic heterocycles. The van der Waals surface area contributed by atoms with Gasteiger partial charge in [-0.15, -0.1) is 0 Å². The topological polar surface area (TPSA) is 69.6 Å². The number of aliphatic hydroxyl groups excluding tert-OH is 1. The predicted octanol–water partition coefficient (Wildman–Crippen LogP) is 0.149. The van der Waals surface area contributed by atoms with E-state index in [9.17, 15) is 19.1 Å². The van der Waals surface area contributed by atoms with Crippen molar-refractivity contribution in [2.75, 3.05) is 19.6 Å². The second kappa shape index (κ2) is 5.79. The lowest BCUT2D eigenvalue weighted by Crippen LogP contribution is -2.39. The van der Waals surface area contributed by atoms with E-state index in [0.717, 1.165) is 6.07 Å². The van der Waals surface area contributed by atoms with E-state index in [1.165, 1.54) is 23.1 Å². The summed E-state index contributed by atoms with van der Waals surface area (Å²) in [6.07, 6.45) is 0.0757. The van der Waals surface area contributed by atoms with Gasteiger partial charge < -0.3 is 15.3 Å². The molecule has 1 atom stereocenters. The monoisotopic (exact) mass is 266 g/mol. The van der Waals surface area contributed by atoms with Gasteiger partial charge in [-0.05, 0) is 24.6 Å². The maximum atomic E-state index is 12.9. The van der Waals surface area contributed by atoms with Crippen molar-refractivity contribution < 1.29 is 19.1 Å². The molecule has 1 unspecified atom stereocenters. The Hall–Kier alpha value is -1.95. The first-order chi connectivity index (χ1) is 9.06. The summed E-state index contributed by atoms with van der Waals surface area (Å²) in [6.45, 7) is 0.645. The number of amides is 2. The molecule has 1 aromatic carbocycles. The fourth-order valence-electron chi connectivity index (χ4n) is 1.97. The number of aliphatic hydroxyl groups is 1. The second-order valence-electron chi connectivity index (χ2n) is 4.48. The number of β-amino-alcohol motifs (C(OH)–C–C–N with tert-alkyl or cyclic N) is 1. The zero-order valence-corrected chi connectivity index (χ0v) is 10.3. The zero-order valence-electron chi connectivity index (χ0n) is 10.3. The summed E-state index contributed by atoms with van der Waals surface area (Å²) in [7, 11) is 0. The number of hydrogen-bond donors (Lipinski definition) is 2. The van der Waals surface area contributed by atoms with Crippen LogP contribution in [0.25, 0.3) is 0 Å². The van der Waals surface area contributed by atoms with Crippen molar-refractivity contribution in [3.63, 3.8) is 0 Å². The van der Waals surface area contributed by atoms with Gasteiger partial charge in [0.1, 0.15) is 5.82 Å². The summed E-state index contributed by atoms with van der Waals surface area (Å²) in [5.74, 6) is -1.24. The molecule has 1 aliphatic heterocycles. The van der Waals surface area contributed by atoms with Crippen LogP contribution in [-0.4, -0.2) is 47.6 Å². The van der Waals surface area contributed by atoms with Crippen molar-refractivity contribution >= 4 is 11.8 Å². The van der Waals surface area contributed by atoms with Crippen molar-refractivity contribution in [1.82, 2.24) is 10.2 Å². The molecule has 1 aromatic rings. The Morgan fingerprint density at radius 3 is 2.89 bits per heavy atom. The van der Waals surface area contributed by atoms with Gasteiger partial charge in [0.25, 0.3) is 5.91 Å². The van der Waals surface area contributed by atoms with Gasteiger partial charge in [-0.25, -0.2) is 4.39 Å². The van der Waals surface area contributed by atoms with E-state index < -0.39 is 17.8 Å². The Morgan fingerprint density at radius 2 is 2.26 bits per heavy atom. The number of carbonyl (C=O) groups is 2. The fraction of sp³-hybridized carbons (Fsp3) is 0.385. The summed E-state index contributed by atoms with van der Waals surface area (Å²) in [4.78, 5) is 24.9. The normalized spacial score (nSPS) is 18.4. The van der Waals surface area contributed by atoms with Crippen LogP contribution in [0.4, 0.5) is 4.39 Å². The maximum absolute atomic E-state index is 12.9. The summed E-state index contributed by atoms with van der Waals surface area (Å²) < 4.78 is 12.9. The molecule has 1 saturated heterocycles. The highest BCUT2D eigenvalue weighted by molar-refractivity contribution is 5.96. The molecule has 1 fully saturated rings. The van der Waals surface area contributed by atoms with E-state index in [0.29, 0.717) is 19.5 Å². The molecule has 0 spiro atoms. The Morgan fingerprint density at radius 1 is 1.47 bits per heavy atom. The van der Waals surface area contributed by atoms with Gasteiger partial charge >= 0.3 is 0 Å². The van der Waals surface area contributed by atoms with Crippen LogP contribution in [0.1, 0.15) is 16.8 Å². The number of benzene rings is 1. The molecule has 0 aliphatic carbocycles. The first-order valence-electron chi connectivity index (χ1n) is 6.06. The molecule has 0 bridgehead atoms. The lowest BCUT2D eigenvalue weighted by molar-refractivity contribution is -0.129.